The Labute approximate surface area is 529 Å². The van der Waals surface area contributed by atoms with Crippen LogP contribution in [0, 0.1) is 58.2 Å². The van der Waals surface area contributed by atoms with Gasteiger partial charge in [0, 0.05) is 106 Å². The molecule has 0 heterocycles. The van der Waals surface area contributed by atoms with E-state index in [9.17, 15) is 39.0 Å². The molecule has 0 bridgehead atoms. The third kappa shape index (κ3) is 31.6. The van der Waals surface area contributed by atoms with Crippen molar-refractivity contribution in [3.05, 3.63) is 59.7 Å². The van der Waals surface area contributed by atoms with E-state index in [-0.39, 0.29) is 48.3 Å². The third-order valence-corrected chi connectivity index (χ3v) is 14.5. The number of rotatable bonds is 40. The van der Waals surface area contributed by atoms with Crippen LogP contribution in [0.1, 0.15) is 149 Å². The first-order valence-electron chi connectivity index (χ1n) is 34.8. The maximum atomic E-state index is 13.2. The minimum atomic E-state index is -3.31. The lowest BCUT2D eigenvalue weighted by Gasteiger charge is -2.30. The van der Waals surface area contributed by atoms with Crippen LogP contribution >= 0.6 is 0 Å². The van der Waals surface area contributed by atoms with Crippen LogP contribution in [0.5, 0.6) is 23.0 Å². The number of carboxylic acid groups (broad SMARTS) is 2. The molecule has 0 fully saturated rings. The zero-order valence-electron chi connectivity index (χ0n) is 64.4. The fourth-order valence-electron chi connectivity index (χ4n) is 8.75. The van der Waals surface area contributed by atoms with E-state index < -0.39 is 123 Å². The summed E-state index contributed by atoms with van der Waals surface area (Å²) in [7, 11) is 6.42. The second-order valence-corrected chi connectivity index (χ2v) is 22.9. The predicted molar refractivity (Wildman–Crippen MR) is 333 cm³/mol. The number of carboxylic acids is 2. The number of hydrogen-bond acceptors (Lipinski definition) is 16. The molecule has 0 aliphatic rings. The van der Waals surface area contributed by atoms with Gasteiger partial charge in [-0.15, -0.1) is 0 Å². The van der Waals surface area contributed by atoms with Gasteiger partial charge in [0.05, 0.1) is 50.5 Å². The van der Waals surface area contributed by atoms with Crippen molar-refractivity contribution in [2.24, 2.45) is 81.1 Å². The lowest BCUT2D eigenvalue weighted by Crippen LogP contribution is -2.46. The van der Waals surface area contributed by atoms with Gasteiger partial charge >= 0.3 is 11.9 Å². The predicted octanol–water partition coefficient (Wildman–Crippen LogP) is 6.30. The number of primary amides is 2. The normalized spacial score (nSPS) is 17.2. The van der Waals surface area contributed by atoms with Gasteiger partial charge < -0.3 is 82.4 Å². The van der Waals surface area contributed by atoms with E-state index in [1.165, 1.54) is 0 Å². The minimum absolute atomic E-state index is 0.0530. The fourth-order valence-corrected chi connectivity index (χ4v) is 8.75. The van der Waals surface area contributed by atoms with Gasteiger partial charge in [-0.2, -0.15) is 0 Å². The molecule has 0 saturated carbocycles. The number of ether oxygens (including phenoxy) is 6. The summed E-state index contributed by atoms with van der Waals surface area (Å²) >= 11 is 0. The molecule has 0 saturated heterocycles. The van der Waals surface area contributed by atoms with Crippen molar-refractivity contribution in [3.8, 4) is 23.0 Å². The molecule has 22 heteroatoms. The molecule has 0 spiro atoms. The molecule has 0 unspecified atom stereocenters. The Morgan fingerprint density at radius 1 is 0.535 bits per heavy atom. The van der Waals surface area contributed by atoms with Crippen molar-refractivity contribution < 1.29 is 94.1 Å². The van der Waals surface area contributed by atoms with Crippen molar-refractivity contribution in [2.45, 2.75) is 158 Å². The van der Waals surface area contributed by atoms with Crippen LogP contribution in [0.25, 0.3) is 0 Å². The molecule has 0 aliphatic heterocycles. The van der Waals surface area contributed by atoms with E-state index in [1.807, 2.05) is 36.4 Å². The summed E-state index contributed by atoms with van der Waals surface area (Å²) in [6.45, 7) is 2.12. The maximum absolute atomic E-state index is 13.2. The highest BCUT2D eigenvalue weighted by atomic mass is 16.5. The van der Waals surface area contributed by atoms with Crippen molar-refractivity contribution in [1.29, 1.82) is 0 Å². The number of hydrogen-bond donors (Lipinski definition) is 10. The third-order valence-electron chi connectivity index (χ3n) is 14.5. The maximum Gasteiger partial charge on any atom is 0.328 e. The number of benzene rings is 2. The molecule has 22 nitrogen and oxygen atoms in total. The quantitative estimate of drug-likeness (QED) is 0.0258. The first-order chi connectivity index (χ1) is 45.1. The summed E-state index contributed by atoms with van der Waals surface area (Å²) in [5, 5.41) is 42.5. The van der Waals surface area contributed by atoms with Crippen LogP contribution in [0.3, 0.4) is 0 Å². The fraction of sp³-hybridized carbons (Fsp3) is 0.688. The van der Waals surface area contributed by atoms with Crippen molar-refractivity contribution >= 4 is 35.6 Å². The van der Waals surface area contributed by atoms with Crippen molar-refractivity contribution in [1.82, 2.24) is 10.6 Å². The van der Waals surface area contributed by atoms with Gasteiger partial charge in [0.2, 0.25) is 23.6 Å². The lowest BCUT2D eigenvalue weighted by atomic mass is 9.80. The summed E-state index contributed by atoms with van der Waals surface area (Å²) in [6, 6.07) is 10.1. The number of aliphatic carboxylic acids is 2. The number of aliphatic hydroxyl groups excluding tert-OH is 2. The van der Waals surface area contributed by atoms with Crippen LogP contribution < -0.4 is 52.5 Å². The lowest BCUT2D eigenvalue weighted by molar-refractivity contribution is -0.134. The van der Waals surface area contributed by atoms with E-state index in [1.54, 1.807) is 56.1 Å². The van der Waals surface area contributed by atoms with E-state index in [0.29, 0.717) is 87.3 Å². The first kappa shape index (κ1) is 60.3. The Kier molecular flexibility index (Phi) is 28.8. The topological polar surface area (TPSA) is 367 Å². The monoisotopic (exact) mass is 1230 g/mol. The molecule has 0 aliphatic carbocycles. The molecule has 2 aromatic carbocycles. The number of carbonyl (C=O) groups excluding carboxylic acids is 4. The molecular formula is C64H110N6O16. The molecule has 86 heavy (non-hydrogen) atoms. The highest BCUT2D eigenvalue weighted by Gasteiger charge is 2.34. The highest BCUT2D eigenvalue weighted by molar-refractivity contribution is 5.89. The number of amides is 4. The van der Waals surface area contributed by atoms with Gasteiger partial charge in [-0.05, 0) is 137 Å². The molecule has 4 amide bonds. The average molecular weight is 1230 g/mol. The zero-order chi connectivity index (χ0) is 76.1. The molecule has 0 radical (unpaired) electrons. The van der Waals surface area contributed by atoms with Gasteiger partial charge in [0.25, 0.3) is 0 Å². The zero-order valence-corrected chi connectivity index (χ0v) is 52.4. The molecule has 8 atom stereocenters. The summed E-state index contributed by atoms with van der Waals surface area (Å²) in [6.07, 6.45) is 2.49. The second kappa shape index (κ2) is 41.2. The van der Waals surface area contributed by atoms with Crippen molar-refractivity contribution in [2.75, 3.05) is 68.0 Å². The van der Waals surface area contributed by atoms with Crippen LogP contribution in [0.15, 0.2) is 48.6 Å². The van der Waals surface area contributed by atoms with Crippen LogP contribution in [0.4, 0.5) is 0 Å². The molecule has 14 N–H and O–H groups in total. The van der Waals surface area contributed by atoms with Gasteiger partial charge in [-0.1, -0.05) is 67.5 Å². The summed E-state index contributed by atoms with van der Waals surface area (Å²) < 4.78 is 126. The highest BCUT2D eigenvalue weighted by Crippen LogP contribution is 2.34. The van der Waals surface area contributed by atoms with E-state index in [2.05, 4.69) is 38.3 Å². The van der Waals surface area contributed by atoms with E-state index in [4.69, 9.17) is 78.0 Å². The Morgan fingerprint density at radius 2 is 0.872 bits per heavy atom. The summed E-state index contributed by atoms with van der Waals surface area (Å²) in [5.74, 6) is -6.32. The minimum Gasteiger partial charge on any atom is -0.493 e. The van der Waals surface area contributed by atoms with Gasteiger partial charge in [-0.25, -0.2) is 9.59 Å². The Morgan fingerprint density at radius 3 is 1.13 bits per heavy atom. The van der Waals surface area contributed by atoms with Gasteiger partial charge in [0.1, 0.15) is 0 Å². The molecule has 492 valence electrons. The number of nitrogens with two attached hydrogens (primary N) is 4. The van der Waals surface area contributed by atoms with Crippen LogP contribution in [-0.2, 0) is 51.1 Å². The number of carbonyl (C=O) groups is 6. The summed E-state index contributed by atoms with van der Waals surface area (Å²) in [4.78, 5) is 69.9. The molecule has 0 aromatic heterocycles. The van der Waals surface area contributed by atoms with Gasteiger partial charge in [0.15, 0.2) is 23.0 Å². The number of aliphatic hydroxyl groups is 2. The summed E-state index contributed by atoms with van der Waals surface area (Å²) in [5.41, 5.74) is 19.6. The van der Waals surface area contributed by atoms with Crippen LogP contribution in [-0.4, -0.2) is 148 Å². The SMILES string of the molecule is O=C(O)/C=C/C(=O)O.[2H]C([2H])([2H])C(CNC(=O)[C@H](C[C@@H](O)[C@H](N)C[C@H](Cc1ccc(OC)c(OCCCOC)c1)C(C)C)C(C)C)(C(N)=O)C([2H])([2H])[2H].[2H]C([2H])([2H])C(CNC(=O)[C@H](C[C@@H](O)[C@H](N)C[C@H](Cc1ccc(OC)c(OCCCOC)c1)C(C)C)C(C)C)(C(N)=O)C([2H])([2H])[2H]. The van der Waals surface area contributed by atoms with E-state index in [0.717, 1.165) is 24.0 Å². The first-order valence-corrected chi connectivity index (χ1v) is 28.8. The largest absolute Gasteiger partial charge is 0.493 e. The smallest absolute Gasteiger partial charge is 0.328 e. The van der Waals surface area contributed by atoms with Crippen molar-refractivity contribution in [3.63, 3.8) is 0 Å². The molecule has 2 aromatic rings. The number of methoxy groups -OCH3 is 4. The molecular weight excluding hydrogens is 1110 g/mol. The Bertz CT molecular complexity index is 2590. The average Bonchev–Trinajstić information content (AvgIpc) is 0.755. The van der Waals surface area contributed by atoms with E-state index >= 15 is 0 Å². The number of nitrogens with one attached hydrogen (secondary N) is 2. The standard InChI is InChI=1S/2C30H53N3O6.C4H4O4/c2*1-19(2)22(14-21-10-11-26(38-8)27(15-21)39-13-9-12-37-7)16-24(31)25(34)17-23(20(3)4)28(35)33-18-30(5,6)29(32)36;5-3(6)1-2-4(7)8/h2*10-11,15,19-20,22-25,34H,9,12-14,16-18,31H2,1-8H3,(H2,32,36)(H,33,35);1-2H,(H,5,6)(H,7,8)/b;;2-1+/t2*22-,23+,24+,25+;/m00./s1/i2*5D3,6D3;. The van der Waals surface area contributed by atoms with Gasteiger partial charge in [-0.3, -0.25) is 19.2 Å². The Balaban J connectivity index is 0.00000172. The molecule has 2 rings (SSSR count). The Hall–Kier alpha value is -6.04. The second-order valence-electron chi connectivity index (χ2n) is 22.9. The van der Waals surface area contributed by atoms with Crippen LogP contribution in [0.2, 0.25) is 0 Å².